The third-order valence-electron chi connectivity index (χ3n) is 4.05. The van der Waals surface area contributed by atoms with E-state index in [9.17, 15) is 4.79 Å². The predicted octanol–water partition coefficient (Wildman–Crippen LogP) is 2.28. The zero-order valence-electron chi connectivity index (χ0n) is 14.0. The molecule has 1 aliphatic heterocycles. The summed E-state index contributed by atoms with van der Waals surface area (Å²) in [4.78, 5) is 20.6. The normalized spacial score (nSPS) is 16.7. The van der Waals surface area contributed by atoms with Gasteiger partial charge in [-0.05, 0) is 12.8 Å². The number of anilines is 1. The fourth-order valence-corrected chi connectivity index (χ4v) is 2.74. The van der Waals surface area contributed by atoms with E-state index in [1.807, 2.05) is 30.3 Å². The number of hydrogen-bond acceptors (Lipinski definition) is 7. The van der Waals surface area contributed by atoms with Crippen molar-refractivity contribution >= 4 is 11.9 Å². The van der Waals surface area contributed by atoms with Gasteiger partial charge in [0.25, 0.3) is 0 Å². The summed E-state index contributed by atoms with van der Waals surface area (Å²) >= 11 is 0. The van der Waals surface area contributed by atoms with Crippen molar-refractivity contribution in [2.45, 2.75) is 31.8 Å². The van der Waals surface area contributed by atoms with Crippen LogP contribution in [-0.4, -0.2) is 37.8 Å². The van der Waals surface area contributed by atoms with E-state index in [1.54, 1.807) is 0 Å². The smallest absolute Gasteiger partial charge is 0.248 e. The standard InChI is InChI=1S/C17H18N6O3/c24-13(18-17-20-16(21-22-17)12-7-4-10-25-12)8-9-14-19-15(23-26-14)11-5-2-1-3-6-11/h1-3,5-6,12H,4,7-10H2,(H2,18,20,21,22,24)/t12-/m1/s1. The molecule has 0 radical (unpaired) electrons. The van der Waals surface area contributed by atoms with E-state index >= 15 is 0 Å². The lowest BCUT2D eigenvalue weighted by atomic mass is 10.2. The molecule has 9 nitrogen and oxygen atoms in total. The van der Waals surface area contributed by atoms with Crippen LogP contribution in [0.3, 0.4) is 0 Å². The summed E-state index contributed by atoms with van der Waals surface area (Å²) in [5, 5.41) is 13.4. The highest BCUT2D eigenvalue weighted by Crippen LogP contribution is 2.26. The monoisotopic (exact) mass is 354 g/mol. The van der Waals surface area contributed by atoms with Crippen LogP contribution in [0.25, 0.3) is 11.4 Å². The Kier molecular flexibility index (Phi) is 4.69. The average Bonchev–Trinajstić information content (AvgIpc) is 3.41. The largest absolute Gasteiger partial charge is 0.370 e. The minimum absolute atomic E-state index is 0.0667. The summed E-state index contributed by atoms with van der Waals surface area (Å²) in [6.07, 6.45) is 2.38. The average molecular weight is 354 g/mol. The number of ether oxygens (including phenoxy) is 1. The van der Waals surface area contributed by atoms with Gasteiger partial charge in [0.1, 0.15) is 6.10 Å². The fourth-order valence-electron chi connectivity index (χ4n) is 2.74. The molecule has 4 rings (SSSR count). The topological polar surface area (TPSA) is 119 Å². The van der Waals surface area contributed by atoms with Crippen LogP contribution in [0, 0.1) is 0 Å². The van der Waals surface area contributed by atoms with E-state index in [0.29, 0.717) is 24.0 Å². The molecular formula is C17H18N6O3. The number of carbonyl (C=O) groups is 1. The number of aromatic nitrogens is 5. The first-order chi connectivity index (χ1) is 12.8. The highest BCUT2D eigenvalue weighted by Gasteiger charge is 2.21. The molecule has 9 heteroatoms. The van der Waals surface area contributed by atoms with E-state index in [1.165, 1.54) is 0 Å². The molecule has 3 heterocycles. The lowest BCUT2D eigenvalue weighted by Gasteiger charge is -2.03. The van der Waals surface area contributed by atoms with E-state index in [-0.39, 0.29) is 24.4 Å². The van der Waals surface area contributed by atoms with Gasteiger partial charge in [-0.15, -0.1) is 5.10 Å². The van der Waals surface area contributed by atoms with Gasteiger partial charge in [0, 0.05) is 25.0 Å². The maximum Gasteiger partial charge on any atom is 0.248 e. The van der Waals surface area contributed by atoms with E-state index in [0.717, 1.165) is 25.0 Å². The van der Waals surface area contributed by atoms with Crippen LogP contribution in [0.15, 0.2) is 34.9 Å². The third-order valence-corrected chi connectivity index (χ3v) is 4.05. The zero-order chi connectivity index (χ0) is 17.8. The number of benzene rings is 1. The van der Waals surface area contributed by atoms with Gasteiger partial charge in [-0.25, -0.2) is 0 Å². The molecule has 1 fully saturated rings. The van der Waals surface area contributed by atoms with Crippen LogP contribution in [0.2, 0.25) is 0 Å². The number of aromatic amines is 1. The number of carbonyl (C=O) groups excluding carboxylic acids is 1. The Hall–Kier alpha value is -3.07. The Balaban J connectivity index is 1.30. The van der Waals surface area contributed by atoms with Crippen molar-refractivity contribution < 1.29 is 14.1 Å². The fraction of sp³-hybridized carbons (Fsp3) is 0.353. The number of H-pyrrole nitrogens is 1. The molecule has 0 saturated carbocycles. The maximum absolute atomic E-state index is 12.1. The van der Waals surface area contributed by atoms with Crippen molar-refractivity contribution in [1.82, 2.24) is 25.3 Å². The second kappa shape index (κ2) is 7.44. The Bertz CT molecular complexity index is 870. The van der Waals surface area contributed by atoms with Crippen molar-refractivity contribution in [1.29, 1.82) is 0 Å². The zero-order valence-corrected chi connectivity index (χ0v) is 14.0. The molecule has 2 N–H and O–H groups in total. The Morgan fingerprint density at radius 2 is 2.15 bits per heavy atom. The number of aryl methyl sites for hydroxylation is 1. The minimum Gasteiger partial charge on any atom is -0.370 e. The summed E-state index contributed by atoms with van der Waals surface area (Å²) < 4.78 is 10.7. The molecule has 0 aliphatic carbocycles. The first kappa shape index (κ1) is 16.4. The molecule has 26 heavy (non-hydrogen) atoms. The summed E-state index contributed by atoms with van der Waals surface area (Å²) in [6.45, 7) is 0.724. The molecule has 0 spiro atoms. The van der Waals surface area contributed by atoms with Gasteiger partial charge in [0.15, 0.2) is 5.82 Å². The molecule has 0 unspecified atom stereocenters. The second-order valence-electron chi connectivity index (χ2n) is 5.97. The van der Waals surface area contributed by atoms with Gasteiger partial charge in [0.2, 0.25) is 23.6 Å². The second-order valence-corrected chi connectivity index (χ2v) is 5.97. The number of nitrogens with zero attached hydrogens (tertiary/aromatic N) is 4. The Labute approximate surface area is 149 Å². The van der Waals surface area contributed by atoms with Gasteiger partial charge < -0.3 is 9.26 Å². The van der Waals surface area contributed by atoms with Crippen LogP contribution in [-0.2, 0) is 16.0 Å². The van der Waals surface area contributed by atoms with Crippen molar-refractivity contribution in [3.63, 3.8) is 0 Å². The van der Waals surface area contributed by atoms with Crippen LogP contribution < -0.4 is 5.32 Å². The third kappa shape index (κ3) is 3.77. The Morgan fingerprint density at radius 1 is 1.27 bits per heavy atom. The lowest BCUT2D eigenvalue weighted by molar-refractivity contribution is -0.116. The van der Waals surface area contributed by atoms with Crippen LogP contribution >= 0.6 is 0 Å². The van der Waals surface area contributed by atoms with Crippen molar-refractivity contribution in [3.05, 3.63) is 42.0 Å². The van der Waals surface area contributed by atoms with E-state index in [4.69, 9.17) is 9.26 Å². The molecule has 1 aromatic carbocycles. The molecule has 1 saturated heterocycles. The number of rotatable bonds is 6. The first-order valence-electron chi connectivity index (χ1n) is 8.50. The van der Waals surface area contributed by atoms with Crippen LogP contribution in [0.1, 0.15) is 37.1 Å². The summed E-state index contributed by atoms with van der Waals surface area (Å²) in [7, 11) is 0. The SMILES string of the molecule is O=C(CCc1nc(-c2ccccc2)no1)Nc1n[nH]c([C@H]2CCCO2)n1. The number of amides is 1. The van der Waals surface area contributed by atoms with Gasteiger partial charge in [-0.2, -0.15) is 9.97 Å². The highest BCUT2D eigenvalue weighted by molar-refractivity contribution is 5.88. The van der Waals surface area contributed by atoms with Crippen LogP contribution in [0.4, 0.5) is 5.95 Å². The predicted molar refractivity (Wildman–Crippen MR) is 91.0 cm³/mol. The first-order valence-corrected chi connectivity index (χ1v) is 8.50. The summed E-state index contributed by atoms with van der Waals surface area (Å²) in [5.74, 6) is 1.59. The molecule has 1 atom stereocenters. The molecule has 134 valence electrons. The highest BCUT2D eigenvalue weighted by atomic mass is 16.5. The maximum atomic E-state index is 12.1. The molecule has 1 amide bonds. The molecule has 3 aromatic rings. The molecular weight excluding hydrogens is 336 g/mol. The Morgan fingerprint density at radius 3 is 2.96 bits per heavy atom. The van der Waals surface area contributed by atoms with Crippen molar-refractivity contribution in [2.75, 3.05) is 11.9 Å². The van der Waals surface area contributed by atoms with Gasteiger partial charge in [-0.3, -0.25) is 15.2 Å². The summed E-state index contributed by atoms with van der Waals surface area (Å²) in [5.41, 5.74) is 0.870. The number of hydrogen-bond donors (Lipinski definition) is 2. The molecule has 1 aliphatic rings. The number of nitrogens with one attached hydrogen (secondary N) is 2. The van der Waals surface area contributed by atoms with Crippen molar-refractivity contribution in [3.8, 4) is 11.4 Å². The lowest BCUT2D eigenvalue weighted by Crippen LogP contribution is -2.13. The quantitative estimate of drug-likeness (QED) is 0.697. The molecule has 2 aromatic heterocycles. The van der Waals surface area contributed by atoms with E-state index in [2.05, 4.69) is 30.6 Å². The van der Waals surface area contributed by atoms with Gasteiger partial charge in [-0.1, -0.05) is 35.5 Å². The van der Waals surface area contributed by atoms with Crippen molar-refractivity contribution in [2.24, 2.45) is 0 Å². The summed E-state index contributed by atoms with van der Waals surface area (Å²) in [6, 6.07) is 9.52. The van der Waals surface area contributed by atoms with E-state index < -0.39 is 0 Å². The molecule has 0 bridgehead atoms. The van der Waals surface area contributed by atoms with Gasteiger partial charge in [0.05, 0.1) is 0 Å². The minimum atomic E-state index is -0.220. The van der Waals surface area contributed by atoms with Crippen LogP contribution in [0.5, 0.6) is 0 Å². The van der Waals surface area contributed by atoms with Gasteiger partial charge >= 0.3 is 0 Å².